The summed E-state index contributed by atoms with van der Waals surface area (Å²) in [5.41, 5.74) is 0.543. The Balaban J connectivity index is 1.96. The number of hydrogen-bond donors (Lipinski definition) is 1. The van der Waals surface area contributed by atoms with Gasteiger partial charge in [0.05, 0.1) is 23.8 Å². The highest BCUT2D eigenvalue weighted by molar-refractivity contribution is 6.22. The number of hydrogen-bond acceptors (Lipinski definition) is 5. The summed E-state index contributed by atoms with van der Waals surface area (Å²) in [6, 6.07) is 4.34. The van der Waals surface area contributed by atoms with Crippen molar-refractivity contribution in [1.29, 1.82) is 0 Å². The third-order valence-electron chi connectivity index (χ3n) is 4.87. The fourth-order valence-corrected chi connectivity index (χ4v) is 4.29. The van der Waals surface area contributed by atoms with Crippen LogP contribution in [0.4, 0.5) is 0 Å². The summed E-state index contributed by atoms with van der Waals surface area (Å²) in [6.45, 7) is 8.31. The standard InChI is InChI=1S/C19H24N2O4/c1-18(2)9-12(10-19(3,4)20-18)21-15(22)13-7-6-11(17(24)25-5)8-14(13)16(21)23/h6-8,12,20H,9-10H2,1-5H3. The van der Waals surface area contributed by atoms with Crippen LogP contribution in [-0.2, 0) is 4.74 Å². The summed E-state index contributed by atoms with van der Waals surface area (Å²) >= 11 is 0. The lowest BCUT2D eigenvalue weighted by Crippen LogP contribution is -2.62. The summed E-state index contributed by atoms with van der Waals surface area (Å²) in [5, 5.41) is 3.56. The molecule has 0 radical (unpaired) electrons. The monoisotopic (exact) mass is 344 g/mol. The minimum atomic E-state index is -0.523. The molecule has 6 heteroatoms. The lowest BCUT2D eigenvalue weighted by atomic mass is 9.79. The first-order valence-corrected chi connectivity index (χ1v) is 8.44. The molecular weight excluding hydrogens is 320 g/mol. The predicted octanol–water partition coefficient (Wildman–Crippen LogP) is 2.38. The van der Waals surface area contributed by atoms with Crippen molar-refractivity contribution in [2.45, 2.75) is 57.7 Å². The number of fused-ring (bicyclic) bond motifs is 1. The van der Waals surface area contributed by atoms with Crippen molar-refractivity contribution < 1.29 is 19.1 Å². The third kappa shape index (κ3) is 3.06. The molecule has 134 valence electrons. The normalized spacial score (nSPS) is 22.0. The Morgan fingerprint density at radius 2 is 1.64 bits per heavy atom. The number of ether oxygens (including phenoxy) is 1. The molecule has 1 saturated heterocycles. The Bertz CT molecular complexity index is 751. The van der Waals surface area contributed by atoms with Crippen LogP contribution < -0.4 is 5.32 Å². The zero-order valence-corrected chi connectivity index (χ0v) is 15.3. The summed E-state index contributed by atoms with van der Waals surface area (Å²) in [6.07, 6.45) is 1.37. The van der Waals surface area contributed by atoms with Crippen LogP contribution in [0, 0.1) is 0 Å². The average molecular weight is 344 g/mol. The molecule has 0 saturated carbocycles. The topological polar surface area (TPSA) is 75.7 Å². The molecule has 0 aliphatic carbocycles. The maximum atomic E-state index is 12.9. The van der Waals surface area contributed by atoms with Crippen molar-refractivity contribution in [3.63, 3.8) is 0 Å². The first-order chi connectivity index (χ1) is 11.5. The largest absolute Gasteiger partial charge is 0.465 e. The van der Waals surface area contributed by atoms with Gasteiger partial charge in [-0.25, -0.2) is 4.79 Å². The summed E-state index contributed by atoms with van der Waals surface area (Å²) < 4.78 is 4.70. The van der Waals surface area contributed by atoms with E-state index in [1.807, 2.05) is 0 Å². The lowest BCUT2D eigenvalue weighted by Gasteiger charge is -2.48. The van der Waals surface area contributed by atoms with E-state index in [1.54, 1.807) is 6.07 Å². The van der Waals surface area contributed by atoms with Gasteiger partial charge in [-0.2, -0.15) is 0 Å². The molecule has 1 aromatic carbocycles. The number of nitrogens with zero attached hydrogens (tertiary/aromatic N) is 1. The van der Waals surface area contributed by atoms with E-state index in [0.717, 1.165) is 0 Å². The van der Waals surface area contributed by atoms with Gasteiger partial charge < -0.3 is 10.1 Å². The van der Waals surface area contributed by atoms with Crippen LogP contribution in [0.15, 0.2) is 18.2 Å². The number of rotatable bonds is 2. The van der Waals surface area contributed by atoms with Gasteiger partial charge in [-0.3, -0.25) is 14.5 Å². The molecule has 6 nitrogen and oxygen atoms in total. The quantitative estimate of drug-likeness (QED) is 0.658. The van der Waals surface area contributed by atoms with Crippen molar-refractivity contribution in [3.8, 4) is 0 Å². The fourth-order valence-electron chi connectivity index (χ4n) is 4.29. The zero-order chi connectivity index (χ0) is 18.6. The predicted molar refractivity (Wildman–Crippen MR) is 92.6 cm³/mol. The van der Waals surface area contributed by atoms with E-state index in [9.17, 15) is 14.4 Å². The lowest BCUT2D eigenvalue weighted by molar-refractivity contribution is 0.0412. The van der Waals surface area contributed by atoms with Gasteiger partial charge in [0.1, 0.15) is 0 Å². The molecule has 0 atom stereocenters. The molecule has 3 rings (SSSR count). The number of amides is 2. The maximum Gasteiger partial charge on any atom is 0.337 e. The molecule has 2 aliphatic heterocycles. The molecule has 1 fully saturated rings. The highest BCUT2D eigenvalue weighted by Crippen LogP contribution is 2.36. The second-order valence-electron chi connectivity index (χ2n) is 8.19. The maximum absolute atomic E-state index is 12.9. The van der Waals surface area contributed by atoms with Crippen LogP contribution >= 0.6 is 0 Å². The van der Waals surface area contributed by atoms with Crippen molar-refractivity contribution in [1.82, 2.24) is 10.2 Å². The SMILES string of the molecule is COC(=O)c1ccc2c(c1)C(=O)N(C1CC(C)(C)NC(C)(C)C1)C2=O. The molecule has 25 heavy (non-hydrogen) atoms. The van der Waals surface area contributed by atoms with Gasteiger partial charge in [0.2, 0.25) is 0 Å². The Morgan fingerprint density at radius 1 is 1.08 bits per heavy atom. The number of carbonyl (C=O) groups is 3. The van der Waals surface area contributed by atoms with Crippen LogP contribution in [0.3, 0.4) is 0 Å². The first-order valence-electron chi connectivity index (χ1n) is 8.44. The van der Waals surface area contributed by atoms with Crippen LogP contribution in [0.5, 0.6) is 0 Å². The molecule has 0 bridgehead atoms. The molecule has 1 aromatic rings. The second-order valence-corrected chi connectivity index (χ2v) is 8.19. The minimum absolute atomic E-state index is 0.180. The van der Waals surface area contributed by atoms with Gasteiger partial charge in [0.25, 0.3) is 11.8 Å². The van der Waals surface area contributed by atoms with E-state index in [4.69, 9.17) is 4.74 Å². The molecule has 0 unspecified atom stereocenters. The summed E-state index contributed by atoms with van der Waals surface area (Å²) in [7, 11) is 1.29. The molecular formula is C19H24N2O4. The molecule has 2 aliphatic rings. The smallest absolute Gasteiger partial charge is 0.337 e. The van der Waals surface area contributed by atoms with Gasteiger partial charge in [0, 0.05) is 17.1 Å². The van der Waals surface area contributed by atoms with Crippen molar-refractivity contribution in [2.24, 2.45) is 0 Å². The summed E-state index contributed by atoms with van der Waals surface area (Å²) in [4.78, 5) is 38.9. The first kappa shape index (κ1) is 17.6. The highest BCUT2D eigenvalue weighted by Gasteiger charge is 2.47. The molecule has 1 N–H and O–H groups in total. The van der Waals surface area contributed by atoms with Crippen LogP contribution in [-0.4, -0.2) is 46.9 Å². The van der Waals surface area contributed by atoms with E-state index in [0.29, 0.717) is 18.4 Å². The van der Waals surface area contributed by atoms with Crippen LogP contribution in [0.2, 0.25) is 0 Å². The zero-order valence-electron chi connectivity index (χ0n) is 15.3. The molecule has 2 amide bonds. The fraction of sp³-hybridized carbons (Fsp3) is 0.526. The van der Waals surface area contributed by atoms with Crippen molar-refractivity contribution >= 4 is 17.8 Å². The number of methoxy groups -OCH3 is 1. The summed E-state index contributed by atoms with van der Waals surface area (Å²) in [5.74, 6) is -1.13. The Kier molecular flexibility index (Phi) is 3.99. The van der Waals surface area contributed by atoms with E-state index < -0.39 is 5.97 Å². The molecule has 0 spiro atoms. The Morgan fingerprint density at radius 3 is 2.20 bits per heavy atom. The Hall–Kier alpha value is -2.21. The Labute approximate surface area is 147 Å². The van der Waals surface area contributed by atoms with Gasteiger partial charge in [-0.05, 0) is 58.7 Å². The molecule has 2 heterocycles. The van der Waals surface area contributed by atoms with E-state index in [-0.39, 0.29) is 40.1 Å². The third-order valence-corrected chi connectivity index (χ3v) is 4.87. The van der Waals surface area contributed by atoms with Crippen molar-refractivity contribution in [3.05, 3.63) is 34.9 Å². The second kappa shape index (κ2) is 5.66. The van der Waals surface area contributed by atoms with Gasteiger partial charge in [-0.15, -0.1) is 0 Å². The number of benzene rings is 1. The van der Waals surface area contributed by atoms with Crippen LogP contribution in [0.25, 0.3) is 0 Å². The van der Waals surface area contributed by atoms with E-state index >= 15 is 0 Å². The van der Waals surface area contributed by atoms with E-state index in [2.05, 4.69) is 33.0 Å². The number of nitrogens with one attached hydrogen (secondary N) is 1. The van der Waals surface area contributed by atoms with Gasteiger partial charge in [0.15, 0.2) is 0 Å². The number of imide groups is 1. The number of esters is 1. The van der Waals surface area contributed by atoms with Gasteiger partial charge >= 0.3 is 5.97 Å². The highest BCUT2D eigenvalue weighted by atomic mass is 16.5. The van der Waals surface area contributed by atoms with E-state index in [1.165, 1.54) is 24.1 Å². The van der Waals surface area contributed by atoms with Gasteiger partial charge in [-0.1, -0.05) is 0 Å². The van der Waals surface area contributed by atoms with Crippen LogP contribution in [0.1, 0.15) is 71.6 Å². The molecule has 0 aromatic heterocycles. The minimum Gasteiger partial charge on any atom is -0.465 e. The van der Waals surface area contributed by atoms with Crippen molar-refractivity contribution in [2.75, 3.05) is 7.11 Å². The number of carbonyl (C=O) groups excluding carboxylic acids is 3. The number of piperidine rings is 1. The average Bonchev–Trinajstić information content (AvgIpc) is 2.74.